The molecule has 7 heteroatoms. The molecule has 0 aliphatic heterocycles. The minimum Gasteiger partial charge on any atom is -0.319 e. The Bertz CT molecular complexity index is 473. The molecule has 17 heavy (non-hydrogen) atoms. The predicted octanol–water partition coefficient (Wildman–Crippen LogP) is 1.67. The summed E-state index contributed by atoms with van der Waals surface area (Å²) in [6.45, 7) is 0. The van der Waals surface area contributed by atoms with Gasteiger partial charge in [0.1, 0.15) is 5.69 Å². The number of amides is 1. The minimum atomic E-state index is -1.65. The number of halogens is 4. The number of rotatable bonds is 2. The molecular weight excluding hydrogens is 240 g/mol. The van der Waals surface area contributed by atoms with Crippen molar-refractivity contribution >= 4 is 11.6 Å². The Balaban J connectivity index is 2.35. The van der Waals surface area contributed by atoms with E-state index in [9.17, 15) is 22.4 Å². The zero-order valence-corrected chi connectivity index (χ0v) is 8.49. The molecule has 92 valence electrons. The quantitative estimate of drug-likeness (QED) is 0.618. The van der Waals surface area contributed by atoms with E-state index < -0.39 is 40.4 Å². The van der Waals surface area contributed by atoms with Crippen LogP contribution in [0.4, 0.5) is 23.2 Å². The van der Waals surface area contributed by atoms with Gasteiger partial charge >= 0.3 is 0 Å². The van der Waals surface area contributed by atoms with Crippen LogP contribution in [0.5, 0.6) is 0 Å². The van der Waals surface area contributed by atoms with Crippen LogP contribution in [0.3, 0.4) is 0 Å². The zero-order valence-electron chi connectivity index (χ0n) is 8.49. The van der Waals surface area contributed by atoms with E-state index in [-0.39, 0.29) is 6.07 Å². The lowest BCUT2D eigenvalue weighted by atomic mass is 10.2. The molecule has 2 rings (SSSR count). The number of benzene rings is 1. The maximum atomic E-state index is 13.2. The van der Waals surface area contributed by atoms with Crippen LogP contribution in [0, 0.1) is 23.3 Å². The van der Waals surface area contributed by atoms with Crippen molar-refractivity contribution in [2.75, 3.05) is 5.32 Å². The summed E-state index contributed by atoms with van der Waals surface area (Å²) >= 11 is 0. The Labute approximate surface area is 93.6 Å². The van der Waals surface area contributed by atoms with E-state index in [4.69, 9.17) is 5.73 Å². The first-order chi connectivity index (χ1) is 7.85. The Morgan fingerprint density at radius 3 is 2.06 bits per heavy atom. The summed E-state index contributed by atoms with van der Waals surface area (Å²) in [5.41, 5.74) is 3.13. The summed E-state index contributed by atoms with van der Waals surface area (Å²) in [6.07, 6.45) is 0.722. The number of anilines is 1. The van der Waals surface area contributed by atoms with Crippen LogP contribution in [0.2, 0.25) is 0 Å². The molecule has 1 aromatic rings. The fraction of sp³-hybridized carbons (Fsp3) is 0.300. The van der Waals surface area contributed by atoms with E-state index in [1.165, 1.54) is 0 Å². The van der Waals surface area contributed by atoms with Crippen LogP contribution in [0.15, 0.2) is 6.07 Å². The van der Waals surface area contributed by atoms with Gasteiger partial charge in [-0.05, 0) is 12.8 Å². The molecule has 1 aliphatic carbocycles. The molecule has 3 N–H and O–H groups in total. The number of carbonyl (C=O) groups excluding carboxylic acids is 1. The molecule has 3 nitrogen and oxygen atoms in total. The van der Waals surface area contributed by atoms with Crippen LogP contribution in [-0.2, 0) is 4.79 Å². The monoisotopic (exact) mass is 248 g/mol. The van der Waals surface area contributed by atoms with Crippen molar-refractivity contribution in [3.63, 3.8) is 0 Å². The van der Waals surface area contributed by atoms with Gasteiger partial charge in [-0.25, -0.2) is 17.6 Å². The predicted molar refractivity (Wildman–Crippen MR) is 51.1 cm³/mol. The van der Waals surface area contributed by atoms with Crippen LogP contribution >= 0.6 is 0 Å². The Morgan fingerprint density at radius 2 is 1.65 bits per heavy atom. The highest BCUT2D eigenvalue weighted by Crippen LogP contribution is 2.34. The summed E-state index contributed by atoms with van der Waals surface area (Å²) in [6, 6.07) is 0.0651. The molecule has 1 aliphatic rings. The summed E-state index contributed by atoms with van der Waals surface area (Å²) in [7, 11) is 0. The van der Waals surface area contributed by atoms with Crippen LogP contribution in [0.1, 0.15) is 12.8 Å². The average Bonchev–Trinajstić information content (AvgIpc) is 3.01. The van der Waals surface area contributed by atoms with Crippen LogP contribution in [-0.4, -0.2) is 11.4 Å². The fourth-order valence-electron chi connectivity index (χ4n) is 1.28. The SMILES string of the molecule is NC1(C(=O)Nc2c(F)c(F)cc(F)c2F)CC1. The largest absolute Gasteiger partial charge is 0.319 e. The first kappa shape index (κ1) is 11.8. The van der Waals surface area contributed by atoms with Gasteiger partial charge in [0.05, 0.1) is 5.54 Å². The van der Waals surface area contributed by atoms with E-state index >= 15 is 0 Å². The first-order valence-corrected chi connectivity index (χ1v) is 4.78. The number of hydrogen-bond donors (Lipinski definition) is 2. The van der Waals surface area contributed by atoms with Gasteiger partial charge in [0.25, 0.3) is 0 Å². The Morgan fingerprint density at radius 1 is 1.18 bits per heavy atom. The van der Waals surface area contributed by atoms with Gasteiger partial charge in [0, 0.05) is 6.07 Å². The van der Waals surface area contributed by atoms with Gasteiger partial charge in [-0.15, -0.1) is 0 Å². The van der Waals surface area contributed by atoms with Crippen molar-refractivity contribution in [3.05, 3.63) is 29.3 Å². The zero-order chi connectivity index (χ0) is 12.8. The molecule has 1 fully saturated rings. The van der Waals surface area contributed by atoms with Gasteiger partial charge < -0.3 is 11.1 Å². The maximum Gasteiger partial charge on any atom is 0.244 e. The van der Waals surface area contributed by atoms with E-state index in [0.29, 0.717) is 12.8 Å². The van der Waals surface area contributed by atoms with Crippen molar-refractivity contribution in [3.8, 4) is 0 Å². The van der Waals surface area contributed by atoms with Crippen molar-refractivity contribution in [2.45, 2.75) is 18.4 Å². The lowest BCUT2D eigenvalue weighted by molar-refractivity contribution is -0.118. The molecular formula is C10H8F4N2O. The molecule has 1 amide bonds. The first-order valence-electron chi connectivity index (χ1n) is 4.78. The second-order valence-electron chi connectivity index (χ2n) is 3.95. The molecule has 0 aromatic heterocycles. The summed E-state index contributed by atoms with van der Waals surface area (Å²) in [4.78, 5) is 11.4. The minimum absolute atomic E-state index is 0.0651. The Kier molecular flexibility index (Phi) is 2.57. The van der Waals surface area contributed by atoms with Crippen LogP contribution < -0.4 is 11.1 Å². The normalized spacial score (nSPS) is 16.8. The third-order valence-corrected chi connectivity index (χ3v) is 2.59. The molecule has 0 heterocycles. The second-order valence-corrected chi connectivity index (χ2v) is 3.95. The molecule has 0 spiro atoms. The Hall–Kier alpha value is -1.63. The second kappa shape index (κ2) is 3.69. The number of nitrogens with two attached hydrogens (primary N) is 1. The van der Waals surface area contributed by atoms with Crippen molar-refractivity contribution < 1.29 is 22.4 Å². The highest BCUT2D eigenvalue weighted by Gasteiger charge is 2.46. The summed E-state index contributed by atoms with van der Waals surface area (Å²) in [5.74, 6) is -7.33. The lowest BCUT2D eigenvalue weighted by Gasteiger charge is -2.12. The average molecular weight is 248 g/mol. The van der Waals surface area contributed by atoms with E-state index in [2.05, 4.69) is 0 Å². The molecule has 0 atom stereocenters. The lowest BCUT2D eigenvalue weighted by Crippen LogP contribution is -2.38. The number of hydrogen-bond acceptors (Lipinski definition) is 2. The van der Waals surface area contributed by atoms with E-state index in [1.54, 1.807) is 5.32 Å². The molecule has 0 saturated heterocycles. The third kappa shape index (κ3) is 1.97. The third-order valence-electron chi connectivity index (χ3n) is 2.59. The van der Waals surface area contributed by atoms with Gasteiger partial charge in [-0.1, -0.05) is 0 Å². The van der Waals surface area contributed by atoms with Crippen molar-refractivity contribution in [1.29, 1.82) is 0 Å². The summed E-state index contributed by atoms with van der Waals surface area (Å²) < 4.78 is 52.0. The van der Waals surface area contributed by atoms with E-state index in [1.807, 2.05) is 0 Å². The van der Waals surface area contributed by atoms with Gasteiger partial charge in [0.2, 0.25) is 5.91 Å². The van der Waals surface area contributed by atoms with Crippen molar-refractivity contribution in [2.24, 2.45) is 5.73 Å². The smallest absolute Gasteiger partial charge is 0.244 e. The highest BCUT2D eigenvalue weighted by molar-refractivity contribution is 6.00. The van der Waals surface area contributed by atoms with Gasteiger partial charge in [0.15, 0.2) is 23.3 Å². The standard InChI is InChI=1S/C10H8F4N2O/c11-4-3-5(12)7(14)8(6(4)13)16-9(17)10(15)1-2-10/h3H,1-2,15H2,(H,16,17). The van der Waals surface area contributed by atoms with Crippen molar-refractivity contribution in [1.82, 2.24) is 0 Å². The van der Waals surface area contributed by atoms with Gasteiger partial charge in [-0.2, -0.15) is 0 Å². The van der Waals surface area contributed by atoms with E-state index in [0.717, 1.165) is 0 Å². The summed E-state index contributed by atoms with van der Waals surface area (Å²) in [5, 5.41) is 1.77. The van der Waals surface area contributed by atoms with Gasteiger partial charge in [-0.3, -0.25) is 4.79 Å². The molecule has 0 bridgehead atoms. The fourth-order valence-corrected chi connectivity index (χ4v) is 1.28. The molecule has 0 radical (unpaired) electrons. The highest BCUT2D eigenvalue weighted by atomic mass is 19.2. The number of nitrogens with one attached hydrogen (secondary N) is 1. The van der Waals surface area contributed by atoms with Crippen LogP contribution in [0.25, 0.3) is 0 Å². The maximum absolute atomic E-state index is 13.2. The molecule has 1 aromatic carbocycles. The molecule has 0 unspecified atom stereocenters. The topological polar surface area (TPSA) is 55.1 Å². The molecule has 1 saturated carbocycles. The number of carbonyl (C=O) groups is 1.